The van der Waals surface area contributed by atoms with Crippen molar-refractivity contribution in [1.82, 2.24) is 0 Å². The fourth-order valence-corrected chi connectivity index (χ4v) is 1.86. The molecule has 1 aromatic carbocycles. The fraction of sp³-hybridized carbons (Fsp3) is 0.364. The molecule has 1 rings (SSSR count). The highest BCUT2D eigenvalue weighted by atomic mass is 32.2. The van der Waals surface area contributed by atoms with Gasteiger partial charge in [0.15, 0.2) is 0 Å². The van der Waals surface area contributed by atoms with E-state index in [4.69, 9.17) is 0 Å². The topological polar surface area (TPSA) is 72.2 Å². The van der Waals surface area contributed by atoms with Crippen molar-refractivity contribution in [2.75, 3.05) is 16.8 Å². The number of amides is 1. The summed E-state index contributed by atoms with van der Waals surface area (Å²) >= 11 is 1.57. The van der Waals surface area contributed by atoms with Crippen LogP contribution in [0.5, 0.6) is 0 Å². The van der Waals surface area contributed by atoms with Crippen molar-refractivity contribution in [3.05, 3.63) is 34.4 Å². The van der Waals surface area contributed by atoms with Crippen molar-refractivity contribution in [1.29, 1.82) is 0 Å². The molecule has 1 aromatic rings. The number of carbonyl (C=O) groups is 1. The standard InChI is InChI=1S/C11H14N2O3S/c1-2-7-17-8-11(14)12-9-3-5-10(6-4-9)13(15)16/h3-6H,2,7-8H2,1H3,(H,12,14). The minimum atomic E-state index is -0.470. The third-order valence-electron chi connectivity index (χ3n) is 1.94. The average molecular weight is 254 g/mol. The van der Waals surface area contributed by atoms with Crippen LogP contribution in [0, 0.1) is 10.1 Å². The van der Waals surface area contributed by atoms with Gasteiger partial charge in [-0.1, -0.05) is 6.92 Å². The predicted molar refractivity (Wildman–Crippen MR) is 69.3 cm³/mol. The summed E-state index contributed by atoms with van der Waals surface area (Å²) in [6, 6.07) is 5.80. The molecule has 6 heteroatoms. The Morgan fingerprint density at radius 2 is 2.06 bits per heavy atom. The van der Waals surface area contributed by atoms with Crippen molar-refractivity contribution in [3.63, 3.8) is 0 Å². The molecule has 0 heterocycles. The van der Waals surface area contributed by atoms with Crippen LogP contribution < -0.4 is 5.32 Å². The van der Waals surface area contributed by atoms with E-state index in [1.807, 2.05) is 0 Å². The number of anilines is 1. The number of nitrogens with one attached hydrogen (secondary N) is 1. The summed E-state index contributed by atoms with van der Waals surface area (Å²) in [4.78, 5) is 21.4. The lowest BCUT2D eigenvalue weighted by Gasteiger charge is -2.04. The zero-order chi connectivity index (χ0) is 12.7. The van der Waals surface area contributed by atoms with Crippen LogP contribution in [0.2, 0.25) is 0 Å². The second kappa shape index (κ2) is 6.90. The Bertz CT molecular complexity index is 392. The molecule has 0 aliphatic carbocycles. The molecule has 0 fully saturated rings. The van der Waals surface area contributed by atoms with Gasteiger partial charge in [0.1, 0.15) is 0 Å². The first kappa shape index (κ1) is 13.5. The average Bonchev–Trinajstić information content (AvgIpc) is 2.30. The second-order valence-corrected chi connectivity index (χ2v) is 4.51. The lowest BCUT2D eigenvalue weighted by molar-refractivity contribution is -0.384. The smallest absolute Gasteiger partial charge is 0.269 e. The van der Waals surface area contributed by atoms with Crippen molar-refractivity contribution in [2.45, 2.75) is 13.3 Å². The number of rotatable bonds is 6. The predicted octanol–water partition coefficient (Wildman–Crippen LogP) is 2.68. The van der Waals surface area contributed by atoms with Gasteiger partial charge >= 0.3 is 0 Å². The largest absolute Gasteiger partial charge is 0.325 e. The SMILES string of the molecule is CCCSCC(=O)Nc1ccc([N+](=O)[O-])cc1. The second-order valence-electron chi connectivity index (χ2n) is 3.40. The van der Waals surface area contributed by atoms with Crippen LogP contribution >= 0.6 is 11.8 Å². The fourth-order valence-electron chi connectivity index (χ4n) is 1.17. The first-order valence-corrected chi connectivity index (χ1v) is 6.41. The molecule has 0 saturated heterocycles. The van der Waals surface area contributed by atoms with Gasteiger partial charge in [-0.3, -0.25) is 14.9 Å². The summed E-state index contributed by atoms with van der Waals surface area (Å²) < 4.78 is 0. The lowest BCUT2D eigenvalue weighted by atomic mass is 10.3. The van der Waals surface area contributed by atoms with Crippen molar-refractivity contribution in [2.24, 2.45) is 0 Å². The Morgan fingerprint density at radius 3 is 2.59 bits per heavy atom. The third-order valence-corrected chi connectivity index (χ3v) is 3.11. The van der Waals surface area contributed by atoms with Gasteiger partial charge < -0.3 is 5.32 Å². The van der Waals surface area contributed by atoms with Gasteiger partial charge in [-0.15, -0.1) is 0 Å². The molecule has 5 nitrogen and oxygen atoms in total. The van der Waals surface area contributed by atoms with E-state index in [1.54, 1.807) is 11.8 Å². The van der Waals surface area contributed by atoms with E-state index in [1.165, 1.54) is 24.3 Å². The Hall–Kier alpha value is -1.56. The van der Waals surface area contributed by atoms with Crippen LogP contribution in [-0.4, -0.2) is 22.3 Å². The van der Waals surface area contributed by atoms with E-state index >= 15 is 0 Å². The van der Waals surface area contributed by atoms with Crippen molar-refractivity contribution >= 4 is 29.0 Å². The monoisotopic (exact) mass is 254 g/mol. The maximum absolute atomic E-state index is 11.4. The molecule has 0 saturated carbocycles. The quantitative estimate of drug-likeness (QED) is 0.481. The summed E-state index contributed by atoms with van der Waals surface area (Å²) in [6.45, 7) is 2.06. The lowest BCUT2D eigenvalue weighted by Crippen LogP contribution is -2.14. The Labute approximate surface area is 104 Å². The molecule has 17 heavy (non-hydrogen) atoms. The molecule has 92 valence electrons. The molecular weight excluding hydrogens is 240 g/mol. The van der Waals surface area contributed by atoms with Crippen LogP contribution in [-0.2, 0) is 4.79 Å². The molecule has 0 aliphatic rings. The van der Waals surface area contributed by atoms with Crippen LogP contribution in [0.15, 0.2) is 24.3 Å². The van der Waals surface area contributed by atoms with E-state index < -0.39 is 4.92 Å². The number of hydrogen-bond acceptors (Lipinski definition) is 4. The molecule has 0 bridgehead atoms. The van der Waals surface area contributed by atoms with Gasteiger partial charge in [0.05, 0.1) is 10.7 Å². The van der Waals surface area contributed by atoms with Crippen LogP contribution in [0.1, 0.15) is 13.3 Å². The molecule has 1 N–H and O–H groups in total. The number of thioether (sulfide) groups is 1. The minimum absolute atomic E-state index is 0.0170. The molecule has 0 unspecified atom stereocenters. The Kier molecular flexibility index (Phi) is 5.48. The van der Waals surface area contributed by atoms with Gasteiger partial charge in [0.2, 0.25) is 5.91 Å². The van der Waals surface area contributed by atoms with Crippen LogP contribution in [0.25, 0.3) is 0 Å². The van der Waals surface area contributed by atoms with Crippen LogP contribution in [0.4, 0.5) is 11.4 Å². The zero-order valence-electron chi connectivity index (χ0n) is 9.51. The molecule has 0 spiro atoms. The third kappa shape index (κ3) is 4.86. The van der Waals surface area contributed by atoms with Crippen molar-refractivity contribution < 1.29 is 9.72 Å². The number of nitrogens with zero attached hydrogens (tertiary/aromatic N) is 1. The van der Waals surface area contributed by atoms with Gasteiger partial charge in [0, 0.05) is 17.8 Å². The van der Waals surface area contributed by atoms with Gasteiger partial charge in [-0.25, -0.2) is 0 Å². The summed E-state index contributed by atoms with van der Waals surface area (Å²) in [6.07, 6.45) is 1.04. The minimum Gasteiger partial charge on any atom is -0.325 e. The van der Waals surface area contributed by atoms with E-state index in [0.717, 1.165) is 12.2 Å². The first-order chi connectivity index (χ1) is 8.13. The maximum Gasteiger partial charge on any atom is 0.269 e. The van der Waals surface area contributed by atoms with E-state index in [9.17, 15) is 14.9 Å². The number of nitro benzene ring substituents is 1. The molecule has 0 aromatic heterocycles. The molecule has 0 radical (unpaired) electrons. The Morgan fingerprint density at radius 1 is 1.41 bits per heavy atom. The first-order valence-electron chi connectivity index (χ1n) is 5.25. The maximum atomic E-state index is 11.4. The van der Waals surface area contributed by atoms with Crippen LogP contribution in [0.3, 0.4) is 0 Å². The highest BCUT2D eigenvalue weighted by Crippen LogP contribution is 2.15. The number of hydrogen-bond donors (Lipinski definition) is 1. The summed E-state index contributed by atoms with van der Waals surface area (Å²) in [7, 11) is 0. The summed E-state index contributed by atoms with van der Waals surface area (Å²) in [5, 5.41) is 13.1. The number of carbonyl (C=O) groups excluding carboxylic acids is 1. The van der Waals surface area contributed by atoms with E-state index in [2.05, 4.69) is 12.2 Å². The molecule has 0 atom stereocenters. The van der Waals surface area contributed by atoms with Gasteiger partial charge in [-0.05, 0) is 24.3 Å². The number of nitro groups is 1. The number of benzene rings is 1. The van der Waals surface area contributed by atoms with Gasteiger partial charge in [0.25, 0.3) is 5.69 Å². The zero-order valence-corrected chi connectivity index (χ0v) is 10.3. The van der Waals surface area contributed by atoms with E-state index in [0.29, 0.717) is 11.4 Å². The van der Waals surface area contributed by atoms with E-state index in [-0.39, 0.29) is 11.6 Å². The number of non-ortho nitro benzene ring substituents is 1. The van der Waals surface area contributed by atoms with Crippen molar-refractivity contribution in [3.8, 4) is 0 Å². The molecular formula is C11H14N2O3S. The highest BCUT2D eigenvalue weighted by molar-refractivity contribution is 7.99. The van der Waals surface area contributed by atoms with Gasteiger partial charge in [-0.2, -0.15) is 11.8 Å². The highest BCUT2D eigenvalue weighted by Gasteiger charge is 2.06. The Balaban J connectivity index is 2.46. The molecule has 1 amide bonds. The summed E-state index contributed by atoms with van der Waals surface area (Å²) in [5.41, 5.74) is 0.598. The molecule has 0 aliphatic heterocycles. The summed E-state index contributed by atoms with van der Waals surface area (Å²) in [5.74, 6) is 1.27. The normalized spacial score (nSPS) is 9.94.